The van der Waals surface area contributed by atoms with Crippen molar-refractivity contribution in [1.29, 1.82) is 0 Å². The summed E-state index contributed by atoms with van der Waals surface area (Å²) in [5, 5.41) is 0. The molecule has 0 saturated heterocycles. The van der Waals surface area contributed by atoms with Gasteiger partial charge in [0.1, 0.15) is 0 Å². The minimum atomic E-state index is 0.0296. The molecule has 0 aliphatic heterocycles. The number of hydrogen-bond acceptors (Lipinski definition) is 2. The minimum absolute atomic E-state index is 0.0296. The van der Waals surface area contributed by atoms with Gasteiger partial charge >= 0.3 is 179 Å². The molecule has 28 heavy (non-hydrogen) atoms. The molecule has 4 rings (SSSR count). The van der Waals surface area contributed by atoms with Crippen LogP contribution in [0.3, 0.4) is 0 Å². The Bertz CT molecular complexity index is 839. The first-order valence-corrected chi connectivity index (χ1v) is 15.5. The first-order chi connectivity index (χ1) is 13.7. The Morgan fingerprint density at radius 2 is 1.00 bits per heavy atom. The van der Waals surface area contributed by atoms with E-state index in [-0.39, 0.29) is 12.1 Å². The van der Waals surface area contributed by atoms with E-state index in [1.807, 2.05) is 12.1 Å². The van der Waals surface area contributed by atoms with E-state index < -0.39 is 0 Å². The van der Waals surface area contributed by atoms with Gasteiger partial charge in [0.2, 0.25) is 0 Å². The van der Waals surface area contributed by atoms with Crippen molar-refractivity contribution in [3.8, 4) is 0 Å². The molecule has 0 heterocycles. The molecule has 0 spiro atoms. The van der Waals surface area contributed by atoms with Crippen molar-refractivity contribution in [2.75, 3.05) is 0 Å². The fraction of sp³-hybridized carbons (Fsp3) is 0.167. The van der Waals surface area contributed by atoms with Crippen LogP contribution in [0.5, 0.6) is 0 Å². The van der Waals surface area contributed by atoms with Crippen LogP contribution in [0.1, 0.15) is 23.2 Å². The Hall–Kier alpha value is -1.64. The molecule has 0 bridgehead atoms. The molecule has 0 aromatic heterocycles. The van der Waals surface area contributed by atoms with Gasteiger partial charge in [0, 0.05) is 0 Å². The maximum atomic E-state index is 6.60. The molecule has 0 fully saturated rings. The first kappa shape index (κ1) is 19.7. The van der Waals surface area contributed by atoms with E-state index in [1.165, 1.54) is 20.1 Å². The summed E-state index contributed by atoms with van der Waals surface area (Å²) in [5.74, 6) is 0.640. The Morgan fingerprint density at radius 3 is 1.39 bits per heavy atom. The van der Waals surface area contributed by atoms with Crippen molar-refractivity contribution in [1.82, 2.24) is 0 Å². The molecule has 2 nitrogen and oxygen atoms in total. The van der Waals surface area contributed by atoms with Gasteiger partial charge in [0.25, 0.3) is 0 Å². The Labute approximate surface area is 178 Å². The second-order valence-corrected chi connectivity index (χ2v) is 13.3. The first-order valence-electron chi connectivity index (χ1n) is 9.46. The van der Waals surface area contributed by atoms with Crippen LogP contribution in [0.25, 0.3) is 0 Å². The zero-order chi connectivity index (χ0) is 19.3. The third-order valence-corrected chi connectivity index (χ3v) is 13.0. The molecule has 142 valence electrons. The normalized spacial score (nSPS) is 22.8. The van der Waals surface area contributed by atoms with E-state index in [2.05, 4.69) is 85.0 Å². The predicted octanol–water partition coefficient (Wildman–Crippen LogP) is 3.85. The van der Waals surface area contributed by atoms with Crippen LogP contribution in [0.2, 0.25) is 0 Å². The number of nitrogens with two attached hydrogens (primary N) is 2. The molecule has 2 aromatic rings. The van der Waals surface area contributed by atoms with Gasteiger partial charge in [0.05, 0.1) is 0 Å². The van der Waals surface area contributed by atoms with Crippen LogP contribution in [-0.4, -0.2) is 26.3 Å². The van der Waals surface area contributed by atoms with E-state index in [0.29, 0.717) is 38.1 Å². The van der Waals surface area contributed by atoms with E-state index in [9.17, 15) is 0 Å². The van der Waals surface area contributed by atoms with Crippen molar-refractivity contribution in [2.24, 2.45) is 23.3 Å². The van der Waals surface area contributed by atoms with Crippen molar-refractivity contribution < 1.29 is 0 Å². The van der Waals surface area contributed by atoms with Crippen molar-refractivity contribution in [3.05, 3.63) is 117 Å². The van der Waals surface area contributed by atoms with Gasteiger partial charge in [-0.1, -0.05) is 0 Å². The summed E-state index contributed by atoms with van der Waals surface area (Å²) < 4.78 is 3.01. The van der Waals surface area contributed by atoms with Crippen LogP contribution in [0.15, 0.2) is 106 Å². The van der Waals surface area contributed by atoms with Gasteiger partial charge in [-0.05, 0) is 0 Å². The van der Waals surface area contributed by atoms with Gasteiger partial charge in [-0.3, -0.25) is 0 Å². The van der Waals surface area contributed by atoms with Gasteiger partial charge in [-0.15, -0.1) is 0 Å². The summed E-state index contributed by atoms with van der Waals surface area (Å²) in [4.78, 5) is 0. The average Bonchev–Trinajstić information content (AvgIpc) is 3.41. The third kappa shape index (κ3) is 4.34. The van der Waals surface area contributed by atoms with E-state index in [0.717, 1.165) is 0 Å². The molecule has 4 N–H and O–H groups in total. The van der Waals surface area contributed by atoms with Gasteiger partial charge in [-0.25, -0.2) is 0 Å². The SMILES string of the molecule is N[C@H](c1ccccc1)C1C=CC=C1[Se][Se]C1=CC=CC1[C@H](N)c1ccccc1. The van der Waals surface area contributed by atoms with Gasteiger partial charge in [0.15, 0.2) is 0 Å². The zero-order valence-electron chi connectivity index (χ0n) is 15.5. The van der Waals surface area contributed by atoms with E-state index in [1.54, 1.807) is 0 Å². The number of rotatable bonds is 7. The van der Waals surface area contributed by atoms with Crippen molar-refractivity contribution >= 4 is 26.3 Å². The molecule has 0 radical (unpaired) electrons. The summed E-state index contributed by atoms with van der Waals surface area (Å²) in [5.41, 5.74) is 15.6. The molecule has 4 heteroatoms. The monoisotopic (exact) mass is 500 g/mol. The Morgan fingerprint density at radius 1 is 0.607 bits per heavy atom. The number of benzene rings is 2. The van der Waals surface area contributed by atoms with E-state index >= 15 is 0 Å². The Balaban J connectivity index is 1.40. The average molecular weight is 498 g/mol. The predicted molar refractivity (Wildman–Crippen MR) is 120 cm³/mol. The maximum absolute atomic E-state index is 6.60. The van der Waals surface area contributed by atoms with Crippen molar-refractivity contribution in [3.63, 3.8) is 0 Å². The molecular weight excluding hydrogens is 474 g/mol. The molecular formula is C24H24N2Se2. The number of allylic oxidation sites excluding steroid dienone is 4. The van der Waals surface area contributed by atoms with Crippen LogP contribution < -0.4 is 11.5 Å². The Kier molecular flexibility index (Phi) is 6.49. The van der Waals surface area contributed by atoms with E-state index in [4.69, 9.17) is 11.5 Å². The molecule has 2 aromatic carbocycles. The summed E-state index contributed by atoms with van der Waals surface area (Å²) >= 11 is 0.861. The fourth-order valence-electron chi connectivity index (χ4n) is 3.57. The molecule has 0 saturated carbocycles. The topological polar surface area (TPSA) is 52.0 Å². The van der Waals surface area contributed by atoms with Gasteiger partial charge < -0.3 is 0 Å². The number of hydrogen-bond donors (Lipinski definition) is 2. The van der Waals surface area contributed by atoms with Crippen LogP contribution >= 0.6 is 0 Å². The molecule has 0 amide bonds. The third-order valence-electron chi connectivity index (χ3n) is 5.19. The molecule has 4 atom stereocenters. The zero-order valence-corrected chi connectivity index (χ0v) is 18.9. The van der Waals surface area contributed by atoms with Crippen LogP contribution in [0, 0.1) is 11.8 Å². The van der Waals surface area contributed by atoms with Crippen LogP contribution in [-0.2, 0) is 0 Å². The quantitative estimate of drug-likeness (QED) is 0.570. The summed E-state index contributed by atoms with van der Waals surface area (Å²) in [7, 11) is 0. The standard InChI is InChI=1S/C24H24N2Se2/c25-23(17-9-3-1-4-10-17)19-13-7-15-21(19)27-28-22-16-8-14-20(22)24(26)18-11-5-2-6-12-18/h1-16,19-20,23-24H,25-26H2/t19?,20?,23-,24-/m1/s1. The van der Waals surface area contributed by atoms with Crippen molar-refractivity contribution in [2.45, 2.75) is 12.1 Å². The second kappa shape index (κ2) is 9.24. The summed E-state index contributed by atoms with van der Waals surface area (Å²) in [6.45, 7) is 0. The van der Waals surface area contributed by atoms with Crippen LogP contribution in [0.4, 0.5) is 0 Å². The molecule has 2 unspecified atom stereocenters. The molecule has 2 aliphatic carbocycles. The fourth-order valence-corrected chi connectivity index (χ4v) is 11.7. The summed E-state index contributed by atoms with van der Waals surface area (Å²) in [6.07, 6.45) is 13.4. The van der Waals surface area contributed by atoms with Gasteiger partial charge in [-0.2, -0.15) is 0 Å². The molecule has 2 aliphatic rings. The summed E-state index contributed by atoms with van der Waals surface area (Å²) in [6, 6.07) is 20.9. The second-order valence-electron chi connectivity index (χ2n) is 7.00.